The Balaban J connectivity index is 1.84. The van der Waals surface area contributed by atoms with Gasteiger partial charge in [0.1, 0.15) is 0 Å². The number of para-hydroxylation sites is 1. The quantitative estimate of drug-likeness (QED) is 0.782. The maximum absolute atomic E-state index is 12.3. The summed E-state index contributed by atoms with van der Waals surface area (Å²) in [6.07, 6.45) is 2.57. The molecule has 1 aromatic carbocycles. The third kappa shape index (κ3) is 3.30. The van der Waals surface area contributed by atoms with Crippen molar-refractivity contribution in [3.8, 4) is 5.82 Å². The van der Waals surface area contributed by atoms with Crippen LogP contribution in [0.3, 0.4) is 0 Å². The number of carbonyl (C=O) groups excluding carboxylic acids is 1. The van der Waals surface area contributed by atoms with E-state index in [9.17, 15) is 4.79 Å². The van der Waals surface area contributed by atoms with Gasteiger partial charge in [0.25, 0.3) is 5.91 Å². The van der Waals surface area contributed by atoms with Gasteiger partial charge in [-0.05, 0) is 37.5 Å². The third-order valence-electron chi connectivity index (χ3n) is 4.06. The summed E-state index contributed by atoms with van der Waals surface area (Å²) < 4.78 is 1.71. The van der Waals surface area contributed by atoms with Gasteiger partial charge in [-0.1, -0.05) is 32.0 Å². The van der Waals surface area contributed by atoms with E-state index in [-0.39, 0.29) is 5.91 Å². The van der Waals surface area contributed by atoms with Gasteiger partial charge in [-0.3, -0.25) is 4.79 Å². The number of aromatic nitrogens is 3. The summed E-state index contributed by atoms with van der Waals surface area (Å²) >= 11 is 0. The lowest BCUT2D eigenvalue weighted by Crippen LogP contribution is -2.25. The number of carbonyl (C=O) groups is 1. The molecule has 0 radical (unpaired) electrons. The van der Waals surface area contributed by atoms with Gasteiger partial charge in [-0.15, -0.1) is 0 Å². The van der Waals surface area contributed by atoms with Gasteiger partial charge in [0, 0.05) is 11.9 Å². The first kappa shape index (κ1) is 16.2. The summed E-state index contributed by atoms with van der Waals surface area (Å²) in [6.45, 7) is 6.85. The largest absolute Gasteiger partial charge is 0.352 e. The molecule has 0 atom stereocenters. The Morgan fingerprint density at radius 3 is 2.79 bits per heavy atom. The third-order valence-corrected chi connectivity index (χ3v) is 4.06. The highest BCUT2D eigenvalue weighted by atomic mass is 16.1. The van der Waals surface area contributed by atoms with Gasteiger partial charge >= 0.3 is 0 Å². The molecule has 5 heteroatoms. The fraction of sp³-hybridized carbons (Fsp3) is 0.316. The zero-order chi connectivity index (χ0) is 17.1. The van der Waals surface area contributed by atoms with E-state index in [2.05, 4.69) is 29.2 Å². The molecule has 3 rings (SSSR count). The molecule has 5 nitrogen and oxygen atoms in total. The molecule has 2 heterocycles. The van der Waals surface area contributed by atoms with Crippen LogP contribution in [0.4, 0.5) is 0 Å². The van der Waals surface area contributed by atoms with Crippen LogP contribution in [0, 0.1) is 12.8 Å². The zero-order valence-corrected chi connectivity index (χ0v) is 14.3. The van der Waals surface area contributed by atoms with Gasteiger partial charge in [-0.25, -0.2) is 9.67 Å². The predicted octanol–water partition coefficient (Wildman–Crippen LogP) is 3.50. The number of pyridine rings is 1. The molecule has 2 aromatic heterocycles. The fourth-order valence-electron chi connectivity index (χ4n) is 2.61. The van der Waals surface area contributed by atoms with Crippen molar-refractivity contribution in [2.24, 2.45) is 5.92 Å². The molecule has 124 valence electrons. The predicted molar refractivity (Wildman–Crippen MR) is 95.4 cm³/mol. The van der Waals surface area contributed by atoms with Gasteiger partial charge in [0.2, 0.25) is 0 Å². The Bertz CT molecular complexity index is 867. The molecule has 0 aliphatic carbocycles. The summed E-state index contributed by atoms with van der Waals surface area (Å²) in [5, 5.41) is 8.38. The smallest absolute Gasteiger partial charge is 0.254 e. The van der Waals surface area contributed by atoms with Crippen molar-refractivity contribution in [3.63, 3.8) is 0 Å². The van der Waals surface area contributed by atoms with E-state index in [1.807, 2.05) is 43.3 Å². The lowest BCUT2D eigenvalue weighted by atomic mass is 10.1. The van der Waals surface area contributed by atoms with Crippen molar-refractivity contribution in [1.29, 1.82) is 0 Å². The van der Waals surface area contributed by atoms with E-state index in [0.29, 0.717) is 23.8 Å². The molecule has 0 aliphatic heterocycles. The van der Waals surface area contributed by atoms with Crippen LogP contribution in [0.5, 0.6) is 0 Å². The molecule has 3 aromatic rings. The fourth-order valence-corrected chi connectivity index (χ4v) is 2.61. The number of hydrogen-bond donors (Lipinski definition) is 1. The normalized spacial score (nSPS) is 11.2. The Morgan fingerprint density at radius 1 is 1.21 bits per heavy atom. The van der Waals surface area contributed by atoms with Crippen LogP contribution in [0.1, 0.15) is 36.3 Å². The first-order valence-electron chi connectivity index (χ1n) is 8.25. The summed E-state index contributed by atoms with van der Waals surface area (Å²) in [5.74, 6) is 1.20. The van der Waals surface area contributed by atoms with E-state index >= 15 is 0 Å². The second-order valence-electron chi connectivity index (χ2n) is 6.36. The monoisotopic (exact) mass is 322 g/mol. The van der Waals surface area contributed by atoms with Crippen LogP contribution >= 0.6 is 0 Å². The molecule has 0 bridgehead atoms. The highest BCUT2D eigenvalue weighted by Gasteiger charge is 2.15. The number of nitrogens with zero attached hydrogens (tertiary/aromatic N) is 3. The molecule has 0 unspecified atom stereocenters. The average Bonchev–Trinajstić information content (AvgIpc) is 2.95. The number of fused-ring (bicyclic) bond motifs is 1. The number of amides is 1. The van der Waals surface area contributed by atoms with E-state index in [1.165, 1.54) is 0 Å². The van der Waals surface area contributed by atoms with E-state index in [0.717, 1.165) is 23.0 Å². The van der Waals surface area contributed by atoms with Crippen LogP contribution in [-0.4, -0.2) is 27.2 Å². The summed E-state index contributed by atoms with van der Waals surface area (Å²) in [4.78, 5) is 17.0. The van der Waals surface area contributed by atoms with E-state index in [1.54, 1.807) is 10.9 Å². The minimum Gasteiger partial charge on any atom is -0.352 e. The highest BCUT2D eigenvalue weighted by molar-refractivity contribution is 5.95. The topological polar surface area (TPSA) is 59.8 Å². The summed E-state index contributed by atoms with van der Waals surface area (Å²) in [6, 6.07) is 11.9. The molecule has 0 fully saturated rings. The van der Waals surface area contributed by atoms with Crippen LogP contribution < -0.4 is 5.32 Å². The Labute approximate surface area is 141 Å². The maximum Gasteiger partial charge on any atom is 0.254 e. The zero-order valence-electron chi connectivity index (χ0n) is 14.3. The van der Waals surface area contributed by atoms with Crippen LogP contribution in [0.2, 0.25) is 0 Å². The van der Waals surface area contributed by atoms with Gasteiger partial charge in [-0.2, -0.15) is 5.10 Å². The first-order chi connectivity index (χ1) is 11.6. The standard InChI is InChI=1S/C19H22N4O/c1-13(2)10-11-20-19(24)16-12-21-23(14(16)3)18-9-8-15-6-4-5-7-17(15)22-18/h4-9,12-13H,10-11H2,1-3H3,(H,20,24). The Morgan fingerprint density at radius 2 is 2.00 bits per heavy atom. The molecular weight excluding hydrogens is 300 g/mol. The molecule has 0 aliphatic rings. The molecule has 1 N–H and O–H groups in total. The second-order valence-corrected chi connectivity index (χ2v) is 6.36. The van der Waals surface area contributed by atoms with Crippen molar-refractivity contribution in [2.45, 2.75) is 27.2 Å². The molecule has 24 heavy (non-hydrogen) atoms. The highest BCUT2D eigenvalue weighted by Crippen LogP contribution is 2.17. The van der Waals surface area contributed by atoms with Crippen molar-refractivity contribution >= 4 is 16.8 Å². The molecule has 0 spiro atoms. The van der Waals surface area contributed by atoms with E-state index in [4.69, 9.17) is 0 Å². The second kappa shape index (κ2) is 6.83. The lowest BCUT2D eigenvalue weighted by Gasteiger charge is -2.08. The van der Waals surface area contributed by atoms with Gasteiger partial charge in [0.15, 0.2) is 5.82 Å². The lowest BCUT2D eigenvalue weighted by molar-refractivity contribution is 0.0951. The van der Waals surface area contributed by atoms with Crippen molar-refractivity contribution in [1.82, 2.24) is 20.1 Å². The number of benzene rings is 1. The number of nitrogens with one attached hydrogen (secondary N) is 1. The minimum atomic E-state index is -0.0832. The first-order valence-corrected chi connectivity index (χ1v) is 8.25. The molecule has 1 amide bonds. The van der Waals surface area contributed by atoms with Crippen LogP contribution in [0.25, 0.3) is 16.7 Å². The Kier molecular flexibility index (Phi) is 4.60. The molecule has 0 saturated carbocycles. The number of rotatable bonds is 5. The summed E-state index contributed by atoms with van der Waals surface area (Å²) in [5.41, 5.74) is 2.29. The Hall–Kier alpha value is -2.69. The maximum atomic E-state index is 12.3. The minimum absolute atomic E-state index is 0.0832. The molecule has 0 saturated heterocycles. The van der Waals surface area contributed by atoms with Gasteiger partial charge in [0.05, 0.1) is 23.0 Å². The number of hydrogen-bond acceptors (Lipinski definition) is 3. The van der Waals surface area contributed by atoms with Crippen LogP contribution in [-0.2, 0) is 0 Å². The average molecular weight is 322 g/mol. The summed E-state index contributed by atoms with van der Waals surface area (Å²) in [7, 11) is 0. The van der Waals surface area contributed by atoms with Crippen molar-refractivity contribution in [3.05, 3.63) is 53.9 Å². The SMILES string of the molecule is Cc1c(C(=O)NCCC(C)C)cnn1-c1ccc2ccccc2n1. The van der Waals surface area contributed by atoms with Gasteiger partial charge < -0.3 is 5.32 Å². The van der Waals surface area contributed by atoms with Crippen molar-refractivity contribution in [2.75, 3.05) is 6.54 Å². The van der Waals surface area contributed by atoms with Crippen molar-refractivity contribution < 1.29 is 4.79 Å². The van der Waals surface area contributed by atoms with Crippen LogP contribution in [0.15, 0.2) is 42.6 Å². The van der Waals surface area contributed by atoms with E-state index < -0.39 is 0 Å². The molecular formula is C19H22N4O.